The summed E-state index contributed by atoms with van der Waals surface area (Å²) in [5, 5.41) is 22.9. The minimum Gasteiger partial charge on any atom is -0.460 e. The van der Waals surface area contributed by atoms with Gasteiger partial charge in [0.05, 0.1) is 17.2 Å². The molecular weight excluding hydrogens is 300 g/mol. The van der Waals surface area contributed by atoms with Crippen molar-refractivity contribution in [1.29, 1.82) is 5.26 Å². The number of nitro groups is 1. The second kappa shape index (κ2) is 7.81. The minimum absolute atomic E-state index is 0.0905. The molecular formula is C12H11ClN4O4. The molecule has 1 rings (SSSR count). The first-order valence-corrected chi connectivity index (χ1v) is 6.22. The quantitative estimate of drug-likeness (QED) is 0.373. The Morgan fingerprint density at radius 1 is 1.62 bits per heavy atom. The van der Waals surface area contributed by atoms with Crippen LogP contribution < -0.4 is 5.43 Å². The van der Waals surface area contributed by atoms with Crippen molar-refractivity contribution in [2.24, 2.45) is 5.10 Å². The number of esters is 1. The summed E-state index contributed by atoms with van der Waals surface area (Å²) in [6.07, 6.45) is 0.621. The van der Waals surface area contributed by atoms with E-state index in [-0.39, 0.29) is 17.3 Å². The van der Waals surface area contributed by atoms with Crippen molar-refractivity contribution in [2.45, 2.75) is 13.3 Å². The van der Waals surface area contributed by atoms with E-state index in [4.69, 9.17) is 21.6 Å². The highest BCUT2D eigenvalue weighted by molar-refractivity contribution is 6.43. The number of ether oxygens (including phenoxy) is 1. The first kappa shape index (κ1) is 16.4. The van der Waals surface area contributed by atoms with Gasteiger partial charge in [-0.15, -0.1) is 0 Å². The molecule has 0 atom stereocenters. The lowest BCUT2D eigenvalue weighted by Crippen LogP contribution is -2.17. The summed E-state index contributed by atoms with van der Waals surface area (Å²) in [5.74, 6) is -0.847. The molecule has 21 heavy (non-hydrogen) atoms. The van der Waals surface area contributed by atoms with Crippen LogP contribution in [0, 0.1) is 21.4 Å². The summed E-state index contributed by atoms with van der Waals surface area (Å²) < 4.78 is 4.76. The highest BCUT2D eigenvalue weighted by Crippen LogP contribution is 2.27. The van der Waals surface area contributed by atoms with Crippen LogP contribution in [0.1, 0.15) is 13.3 Å². The fourth-order valence-electron chi connectivity index (χ4n) is 1.22. The highest BCUT2D eigenvalue weighted by Gasteiger charge is 2.14. The van der Waals surface area contributed by atoms with Crippen molar-refractivity contribution in [2.75, 3.05) is 12.0 Å². The van der Waals surface area contributed by atoms with Crippen LogP contribution in [0.15, 0.2) is 23.3 Å². The predicted molar refractivity (Wildman–Crippen MR) is 76.0 cm³/mol. The molecule has 0 saturated carbocycles. The molecule has 0 spiro atoms. The Balaban J connectivity index is 2.83. The van der Waals surface area contributed by atoms with Crippen molar-refractivity contribution in [3.05, 3.63) is 33.3 Å². The molecule has 0 saturated heterocycles. The number of rotatable bonds is 6. The summed E-state index contributed by atoms with van der Waals surface area (Å²) in [7, 11) is 0. The average Bonchev–Trinajstić information content (AvgIpc) is 2.45. The number of nitrogens with zero attached hydrogens (tertiary/aromatic N) is 3. The fraction of sp³-hybridized carbons (Fsp3) is 0.250. The molecule has 0 fully saturated rings. The van der Waals surface area contributed by atoms with Crippen molar-refractivity contribution in [1.82, 2.24) is 0 Å². The Labute approximate surface area is 125 Å². The smallest absolute Gasteiger partial charge is 0.369 e. The molecule has 0 unspecified atom stereocenters. The molecule has 0 aliphatic heterocycles. The highest BCUT2D eigenvalue weighted by atomic mass is 35.5. The number of halogens is 1. The fourth-order valence-corrected chi connectivity index (χ4v) is 1.47. The van der Waals surface area contributed by atoms with Gasteiger partial charge in [0.2, 0.25) is 5.71 Å². The third-order valence-corrected chi connectivity index (χ3v) is 2.48. The zero-order valence-corrected chi connectivity index (χ0v) is 11.8. The van der Waals surface area contributed by atoms with Crippen molar-refractivity contribution in [3.8, 4) is 6.07 Å². The third-order valence-electron chi connectivity index (χ3n) is 2.18. The topological polar surface area (TPSA) is 118 Å². The van der Waals surface area contributed by atoms with E-state index < -0.39 is 16.6 Å². The molecule has 0 heterocycles. The van der Waals surface area contributed by atoms with Gasteiger partial charge in [-0.1, -0.05) is 18.5 Å². The van der Waals surface area contributed by atoms with E-state index in [1.54, 1.807) is 6.07 Å². The number of nitriles is 1. The SMILES string of the molecule is CCCOC(=O)/C(C#N)=N/Nc1ccc([N+](=O)[O-])c(Cl)c1. The Hall–Kier alpha value is -2.66. The van der Waals surface area contributed by atoms with Crippen molar-refractivity contribution < 1.29 is 14.5 Å². The van der Waals surface area contributed by atoms with E-state index in [9.17, 15) is 14.9 Å². The van der Waals surface area contributed by atoms with E-state index in [2.05, 4.69) is 10.5 Å². The predicted octanol–water partition coefficient (Wildman–Crippen LogP) is 2.49. The van der Waals surface area contributed by atoms with Crippen LogP contribution in [-0.4, -0.2) is 23.2 Å². The minimum atomic E-state index is -0.847. The number of hydrogen-bond acceptors (Lipinski definition) is 7. The Kier molecular flexibility index (Phi) is 6.10. The first-order chi connectivity index (χ1) is 9.99. The lowest BCUT2D eigenvalue weighted by Gasteiger charge is -2.03. The molecule has 1 aromatic carbocycles. The van der Waals surface area contributed by atoms with Gasteiger partial charge in [-0.2, -0.15) is 10.4 Å². The van der Waals surface area contributed by atoms with Crippen LogP contribution in [0.25, 0.3) is 0 Å². The molecule has 8 nitrogen and oxygen atoms in total. The van der Waals surface area contributed by atoms with Gasteiger partial charge < -0.3 is 4.74 Å². The van der Waals surface area contributed by atoms with Gasteiger partial charge in [-0.3, -0.25) is 15.5 Å². The maximum Gasteiger partial charge on any atom is 0.369 e. The van der Waals surface area contributed by atoms with Gasteiger partial charge in [0.1, 0.15) is 11.1 Å². The van der Waals surface area contributed by atoms with Crippen LogP contribution >= 0.6 is 11.6 Å². The van der Waals surface area contributed by atoms with Crippen LogP contribution in [0.5, 0.6) is 0 Å². The van der Waals surface area contributed by atoms with E-state index in [0.717, 1.165) is 0 Å². The van der Waals surface area contributed by atoms with Crippen LogP contribution in [0.3, 0.4) is 0 Å². The van der Waals surface area contributed by atoms with Crippen molar-refractivity contribution in [3.63, 3.8) is 0 Å². The maximum absolute atomic E-state index is 11.4. The number of hydrazone groups is 1. The second-order valence-electron chi connectivity index (χ2n) is 3.74. The number of benzene rings is 1. The maximum atomic E-state index is 11.4. The molecule has 110 valence electrons. The lowest BCUT2D eigenvalue weighted by molar-refractivity contribution is -0.384. The number of hydrogen-bond donors (Lipinski definition) is 1. The van der Waals surface area contributed by atoms with E-state index in [1.165, 1.54) is 18.2 Å². The van der Waals surface area contributed by atoms with E-state index >= 15 is 0 Å². The first-order valence-electron chi connectivity index (χ1n) is 5.84. The van der Waals surface area contributed by atoms with Gasteiger partial charge in [-0.05, 0) is 18.6 Å². The third kappa shape index (κ3) is 4.74. The number of anilines is 1. The van der Waals surface area contributed by atoms with Gasteiger partial charge >= 0.3 is 5.97 Å². The number of nitro benzene ring substituents is 1. The Morgan fingerprint density at radius 2 is 2.33 bits per heavy atom. The summed E-state index contributed by atoms with van der Waals surface area (Å²) >= 11 is 5.72. The molecule has 0 aliphatic rings. The Bertz CT molecular complexity index is 624. The zero-order valence-electron chi connectivity index (χ0n) is 11.0. The summed E-state index contributed by atoms with van der Waals surface area (Å²) in [6, 6.07) is 5.39. The van der Waals surface area contributed by atoms with Gasteiger partial charge in [0, 0.05) is 6.07 Å². The standard InChI is InChI=1S/C12H11ClN4O4/c1-2-5-21-12(18)10(7-14)16-15-8-3-4-11(17(19)20)9(13)6-8/h3-4,6,15H,2,5H2,1H3/b16-10+. The number of nitrogens with one attached hydrogen (secondary N) is 1. The molecule has 0 amide bonds. The normalized spacial score (nSPS) is 10.6. The number of carbonyl (C=O) groups excluding carboxylic acids is 1. The van der Waals surface area contributed by atoms with E-state index in [1.807, 2.05) is 6.92 Å². The van der Waals surface area contributed by atoms with Gasteiger partial charge in [0.25, 0.3) is 5.69 Å². The summed E-state index contributed by atoms with van der Waals surface area (Å²) in [4.78, 5) is 21.4. The second-order valence-corrected chi connectivity index (χ2v) is 4.15. The molecule has 0 bridgehead atoms. The molecule has 1 N–H and O–H groups in total. The van der Waals surface area contributed by atoms with Crippen LogP contribution in [0.4, 0.5) is 11.4 Å². The molecule has 0 aliphatic carbocycles. The molecule has 0 aromatic heterocycles. The molecule has 0 radical (unpaired) electrons. The Morgan fingerprint density at radius 3 is 2.86 bits per heavy atom. The largest absolute Gasteiger partial charge is 0.460 e. The van der Waals surface area contributed by atoms with Gasteiger partial charge in [0.15, 0.2) is 0 Å². The van der Waals surface area contributed by atoms with Crippen LogP contribution in [0.2, 0.25) is 5.02 Å². The summed E-state index contributed by atoms with van der Waals surface area (Å²) in [5.41, 5.74) is 1.99. The van der Waals surface area contributed by atoms with Crippen LogP contribution in [-0.2, 0) is 9.53 Å². The molecule has 9 heteroatoms. The van der Waals surface area contributed by atoms with Gasteiger partial charge in [-0.25, -0.2) is 4.79 Å². The monoisotopic (exact) mass is 310 g/mol. The summed E-state index contributed by atoms with van der Waals surface area (Å²) in [6.45, 7) is 2.00. The average molecular weight is 311 g/mol. The zero-order chi connectivity index (χ0) is 15.8. The van der Waals surface area contributed by atoms with E-state index in [0.29, 0.717) is 12.1 Å². The lowest BCUT2D eigenvalue weighted by atomic mass is 10.3. The molecule has 1 aromatic rings. The van der Waals surface area contributed by atoms with Crippen molar-refractivity contribution >= 4 is 34.7 Å². The number of carbonyl (C=O) groups is 1.